The molecule has 0 saturated carbocycles. The molecule has 116 valence electrons. The number of hydrogen-bond acceptors (Lipinski definition) is 2. The van der Waals surface area contributed by atoms with Gasteiger partial charge in [-0.2, -0.15) is 0 Å². The fraction of sp³-hybridized carbons (Fsp3) is 0.235. The first-order valence-corrected chi connectivity index (χ1v) is 6.81. The van der Waals surface area contributed by atoms with E-state index in [0.29, 0.717) is 11.1 Å². The molecule has 0 radical (unpaired) electrons. The Hall–Kier alpha value is -2.43. The van der Waals surface area contributed by atoms with Crippen LogP contribution in [0.3, 0.4) is 0 Å². The van der Waals surface area contributed by atoms with Gasteiger partial charge in [0, 0.05) is 23.1 Å². The summed E-state index contributed by atoms with van der Waals surface area (Å²) < 4.78 is 28.8. The van der Waals surface area contributed by atoms with Gasteiger partial charge in [0.25, 0.3) is 0 Å². The highest BCUT2D eigenvalue weighted by molar-refractivity contribution is 5.75. The highest BCUT2D eigenvalue weighted by Gasteiger charge is 2.21. The first kappa shape index (κ1) is 15.9. The quantitative estimate of drug-likeness (QED) is 0.898. The predicted molar refractivity (Wildman–Crippen MR) is 78.9 cm³/mol. The Morgan fingerprint density at radius 3 is 2.41 bits per heavy atom. The summed E-state index contributed by atoms with van der Waals surface area (Å²) in [5, 5.41) is 18.7. The monoisotopic (exact) mass is 306 g/mol. The van der Waals surface area contributed by atoms with Crippen molar-refractivity contribution in [2.24, 2.45) is 0 Å². The van der Waals surface area contributed by atoms with Gasteiger partial charge in [-0.1, -0.05) is 12.1 Å². The second kappa shape index (κ2) is 6.13. The Balaban J connectivity index is 2.65. The summed E-state index contributed by atoms with van der Waals surface area (Å²) in [6.07, 6.45) is -0.606. The molecule has 0 unspecified atom stereocenters. The molecule has 0 heterocycles. The van der Waals surface area contributed by atoms with Crippen molar-refractivity contribution >= 4 is 5.97 Å². The zero-order valence-electron chi connectivity index (χ0n) is 12.3. The number of aliphatic carboxylic acids is 1. The van der Waals surface area contributed by atoms with Crippen LogP contribution < -0.4 is 0 Å². The standard InChI is InChI=1S/C17H16F2O3/c1-9-4-3-5-13(20)15(9)12-8-10(2)16(18)11(17(12)19)6-7-14(21)22/h3-5,8,20H,6-7H2,1-2H3,(H,21,22). The van der Waals surface area contributed by atoms with E-state index in [1.807, 2.05) is 0 Å². The first-order chi connectivity index (χ1) is 10.3. The van der Waals surface area contributed by atoms with Gasteiger partial charge >= 0.3 is 5.97 Å². The van der Waals surface area contributed by atoms with E-state index >= 15 is 0 Å². The van der Waals surface area contributed by atoms with Crippen LogP contribution in [0, 0.1) is 25.5 Å². The number of rotatable bonds is 4. The summed E-state index contributed by atoms with van der Waals surface area (Å²) >= 11 is 0. The minimum absolute atomic E-state index is 0.0786. The fourth-order valence-corrected chi connectivity index (χ4v) is 2.48. The van der Waals surface area contributed by atoms with Crippen LogP contribution in [0.25, 0.3) is 11.1 Å². The van der Waals surface area contributed by atoms with E-state index in [1.165, 1.54) is 19.1 Å². The van der Waals surface area contributed by atoms with Gasteiger partial charge < -0.3 is 10.2 Å². The van der Waals surface area contributed by atoms with E-state index in [-0.39, 0.29) is 35.3 Å². The van der Waals surface area contributed by atoms with Crippen LogP contribution in [0.4, 0.5) is 8.78 Å². The van der Waals surface area contributed by atoms with Crippen LogP contribution in [0.2, 0.25) is 0 Å². The van der Waals surface area contributed by atoms with E-state index < -0.39 is 17.6 Å². The lowest BCUT2D eigenvalue weighted by molar-refractivity contribution is -0.136. The van der Waals surface area contributed by atoms with Crippen molar-refractivity contribution in [1.82, 2.24) is 0 Å². The molecule has 0 aliphatic heterocycles. The lowest BCUT2D eigenvalue weighted by Crippen LogP contribution is -2.05. The predicted octanol–water partition coefficient (Wildman–Crippen LogP) is 3.97. The maximum Gasteiger partial charge on any atom is 0.303 e. The maximum absolute atomic E-state index is 14.7. The minimum Gasteiger partial charge on any atom is -0.507 e. The molecule has 22 heavy (non-hydrogen) atoms. The summed E-state index contributed by atoms with van der Waals surface area (Å²) in [5.74, 6) is -2.79. The smallest absolute Gasteiger partial charge is 0.303 e. The fourth-order valence-electron chi connectivity index (χ4n) is 2.48. The summed E-state index contributed by atoms with van der Waals surface area (Å²) in [4.78, 5) is 10.7. The molecular formula is C17H16F2O3. The number of phenols is 1. The van der Waals surface area contributed by atoms with E-state index in [4.69, 9.17) is 5.11 Å². The molecule has 2 N–H and O–H groups in total. The van der Waals surface area contributed by atoms with E-state index in [1.54, 1.807) is 19.1 Å². The van der Waals surface area contributed by atoms with Crippen molar-refractivity contribution in [3.63, 3.8) is 0 Å². The van der Waals surface area contributed by atoms with Gasteiger partial charge in [-0.3, -0.25) is 4.79 Å². The third-order valence-electron chi connectivity index (χ3n) is 3.58. The number of benzene rings is 2. The van der Waals surface area contributed by atoms with E-state index in [2.05, 4.69) is 0 Å². The van der Waals surface area contributed by atoms with Gasteiger partial charge in [0.05, 0.1) is 0 Å². The number of aromatic hydroxyl groups is 1. The van der Waals surface area contributed by atoms with Crippen LogP contribution in [-0.2, 0) is 11.2 Å². The van der Waals surface area contributed by atoms with Gasteiger partial charge in [0.1, 0.15) is 17.4 Å². The van der Waals surface area contributed by atoms with Gasteiger partial charge in [-0.15, -0.1) is 0 Å². The zero-order valence-corrected chi connectivity index (χ0v) is 12.3. The molecule has 0 bridgehead atoms. The summed E-state index contributed by atoms with van der Waals surface area (Å²) in [6.45, 7) is 3.20. The molecule has 0 aromatic heterocycles. The van der Waals surface area contributed by atoms with E-state index in [9.17, 15) is 18.7 Å². The van der Waals surface area contributed by atoms with Crippen molar-refractivity contribution < 1.29 is 23.8 Å². The molecule has 0 spiro atoms. The Labute approximate surface area is 126 Å². The molecule has 2 rings (SSSR count). The molecule has 0 aliphatic rings. The molecule has 0 saturated heterocycles. The van der Waals surface area contributed by atoms with Crippen LogP contribution in [0.1, 0.15) is 23.1 Å². The lowest BCUT2D eigenvalue weighted by Gasteiger charge is -2.14. The molecule has 2 aromatic carbocycles. The number of carbonyl (C=O) groups is 1. The van der Waals surface area contributed by atoms with Gasteiger partial charge in [0.2, 0.25) is 0 Å². The Morgan fingerprint density at radius 2 is 1.82 bits per heavy atom. The SMILES string of the molecule is Cc1cc(-c2c(C)cccc2O)c(F)c(CCC(=O)O)c1F. The van der Waals surface area contributed by atoms with Crippen LogP contribution >= 0.6 is 0 Å². The van der Waals surface area contributed by atoms with Crippen molar-refractivity contribution in [3.05, 3.63) is 52.6 Å². The molecule has 0 amide bonds. The topological polar surface area (TPSA) is 57.5 Å². The van der Waals surface area contributed by atoms with E-state index in [0.717, 1.165) is 0 Å². The van der Waals surface area contributed by atoms with Crippen LogP contribution in [0.5, 0.6) is 5.75 Å². The third kappa shape index (κ3) is 2.93. The van der Waals surface area contributed by atoms with Gasteiger partial charge in [-0.25, -0.2) is 8.78 Å². The second-order valence-corrected chi connectivity index (χ2v) is 5.21. The highest BCUT2D eigenvalue weighted by Crippen LogP contribution is 2.37. The third-order valence-corrected chi connectivity index (χ3v) is 3.58. The van der Waals surface area contributed by atoms with Crippen molar-refractivity contribution in [1.29, 1.82) is 0 Å². The maximum atomic E-state index is 14.7. The normalized spacial score (nSPS) is 10.7. The van der Waals surface area contributed by atoms with Crippen molar-refractivity contribution in [2.75, 3.05) is 0 Å². The summed E-state index contributed by atoms with van der Waals surface area (Å²) in [6, 6.07) is 6.10. The van der Waals surface area contributed by atoms with Crippen molar-refractivity contribution in [2.45, 2.75) is 26.7 Å². The number of aryl methyl sites for hydroxylation is 2. The average molecular weight is 306 g/mol. The highest BCUT2D eigenvalue weighted by atomic mass is 19.1. The van der Waals surface area contributed by atoms with Crippen LogP contribution in [-0.4, -0.2) is 16.2 Å². The number of carboxylic acids is 1. The Kier molecular flexibility index (Phi) is 4.45. The molecule has 0 fully saturated rings. The van der Waals surface area contributed by atoms with Crippen molar-refractivity contribution in [3.8, 4) is 16.9 Å². The molecule has 2 aromatic rings. The number of halogens is 2. The summed E-state index contributed by atoms with van der Waals surface area (Å²) in [5.41, 5.74) is 0.961. The van der Waals surface area contributed by atoms with Crippen LogP contribution in [0.15, 0.2) is 24.3 Å². The number of hydrogen-bond donors (Lipinski definition) is 2. The average Bonchev–Trinajstić information content (AvgIpc) is 2.43. The zero-order chi connectivity index (χ0) is 16.4. The Bertz CT molecular complexity index is 719. The molecule has 3 nitrogen and oxygen atoms in total. The molecule has 0 aliphatic carbocycles. The second-order valence-electron chi connectivity index (χ2n) is 5.21. The molecular weight excluding hydrogens is 290 g/mol. The summed E-state index contributed by atoms with van der Waals surface area (Å²) in [7, 11) is 0. The number of carboxylic acid groups (broad SMARTS) is 1. The first-order valence-electron chi connectivity index (χ1n) is 6.81. The largest absolute Gasteiger partial charge is 0.507 e. The minimum atomic E-state index is -1.12. The van der Waals surface area contributed by atoms with Gasteiger partial charge in [0.15, 0.2) is 0 Å². The lowest BCUT2D eigenvalue weighted by atomic mass is 9.93. The Morgan fingerprint density at radius 1 is 1.14 bits per heavy atom. The van der Waals surface area contributed by atoms with Gasteiger partial charge in [-0.05, 0) is 43.5 Å². The number of phenolic OH excluding ortho intramolecular Hbond substituents is 1. The molecule has 5 heteroatoms. The molecule has 0 atom stereocenters.